The number of benzene rings is 1. The number of imidazole rings is 1. The highest BCUT2D eigenvalue weighted by Gasteiger charge is 2.29. The zero-order valence-electron chi connectivity index (χ0n) is 17.7. The van der Waals surface area contributed by atoms with Crippen molar-refractivity contribution in [3.8, 4) is 11.6 Å². The van der Waals surface area contributed by atoms with E-state index < -0.39 is 17.1 Å². The number of hydrogen-bond donors (Lipinski definition) is 2. The second-order valence-corrected chi connectivity index (χ2v) is 8.50. The van der Waals surface area contributed by atoms with E-state index in [4.69, 9.17) is 4.74 Å². The molecule has 13 heteroatoms. The number of rotatable bonds is 6. The number of ether oxygens (including phenoxy) is 1. The maximum Gasteiger partial charge on any atom is 0.446 e. The molecule has 0 unspecified atom stereocenters. The molecule has 0 radical (unpaired) electrons. The molecule has 0 spiro atoms. The van der Waals surface area contributed by atoms with Crippen molar-refractivity contribution in [2.45, 2.75) is 16.9 Å². The molecular formula is C21H20F3N5O4S. The molecule has 34 heavy (non-hydrogen) atoms. The number of amides is 1. The molecule has 2 aromatic heterocycles. The van der Waals surface area contributed by atoms with Crippen molar-refractivity contribution < 1.29 is 27.8 Å². The summed E-state index contributed by atoms with van der Waals surface area (Å²) in [6.07, 6.45) is 2.66. The Balaban J connectivity index is 1.50. The van der Waals surface area contributed by atoms with Crippen LogP contribution in [0.3, 0.4) is 0 Å². The van der Waals surface area contributed by atoms with Crippen molar-refractivity contribution in [1.82, 2.24) is 24.6 Å². The molecule has 1 amide bonds. The van der Waals surface area contributed by atoms with Gasteiger partial charge in [0.2, 0.25) is 5.88 Å². The van der Waals surface area contributed by atoms with Gasteiger partial charge in [-0.05, 0) is 53.7 Å². The Labute approximate surface area is 195 Å². The van der Waals surface area contributed by atoms with Gasteiger partial charge in [0.15, 0.2) is 0 Å². The number of nitrogens with one attached hydrogen (secondary N) is 1. The molecule has 0 bridgehead atoms. The molecule has 1 aliphatic heterocycles. The van der Waals surface area contributed by atoms with Gasteiger partial charge in [-0.1, -0.05) is 0 Å². The molecule has 1 aliphatic rings. The fraction of sp³-hybridized carbons (Fsp3) is 0.286. The quantitative estimate of drug-likeness (QED) is 0.507. The highest BCUT2D eigenvalue weighted by Crippen LogP contribution is 2.37. The number of aromatic nitrogens is 3. The van der Waals surface area contributed by atoms with Gasteiger partial charge in [0.05, 0.1) is 31.6 Å². The summed E-state index contributed by atoms with van der Waals surface area (Å²) >= 11 is -0.268. The SMILES string of the molecule is O=C(NN1CCOCC1)c1cc(Cn2cc(O)n(-c3ccc(SC(F)(F)F)cc3)c2=O)ccn1. The van der Waals surface area contributed by atoms with Gasteiger partial charge >= 0.3 is 11.2 Å². The first kappa shape index (κ1) is 23.9. The zero-order chi connectivity index (χ0) is 24.3. The lowest BCUT2D eigenvalue weighted by atomic mass is 10.2. The average Bonchev–Trinajstić information content (AvgIpc) is 3.07. The van der Waals surface area contributed by atoms with Crippen LogP contribution in [0.25, 0.3) is 5.69 Å². The van der Waals surface area contributed by atoms with Crippen LogP contribution in [0.15, 0.2) is 58.5 Å². The first-order valence-electron chi connectivity index (χ1n) is 10.2. The lowest BCUT2D eigenvalue weighted by Crippen LogP contribution is -2.48. The molecule has 2 N–H and O–H groups in total. The molecule has 3 heterocycles. The summed E-state index contributed by atoms with van der Waals surface area (Å²) in [6, 6.07) is 8.26. The Bertz CT molecular complexity index is 1220. The maximum atomic E-state index is 12.9. The molecule has 1 saturated heterocycles. The van der Waals surface area contributed by atoms with Crippen LogP contribution in [-0.4, -0.2) is 62.0 Å². The molecule has 1 aromatic carbocycles. The minimum absolute atomic E-state index is 0.0390. The van der Waals surface area contributed by atoms with Gasteiger partial charge in [0, 0.05) is 24.2 Å². The van der Waals surface area contributed by atoms with Gasteiger partial charge in [-0.2, -0.15) is 13.2 Å². The van der Waals surface area contributed by atoms with Crippen molar-refractivity contribution >= 4 is 17.7 Å². The van der Waals surface area contributed by atoms with Crippen molar-refractivity contribution in [2.75, 3.05) is 26.3 Å². The van der Waals surface area contributed by atoms with Crippen molar-refractivity contribution in [2.24, 2.45) is 0 Å². The summed E-state index contributed by atoms with van der Waals surface area (Å²) < 4.78 is 45.0. The number of hydrogen-bond acceptors (Lipinski definition) is 7. The predicted molar refractivity (Wildman–Crippen MR) is 117 cm³/mol. The highest BCUT2D eigenvalue weighted by atomic mass is 32.2. The molecule has 0 atom stereocenters. The minimum Gasteiger partial charge on any atom is -0.493 e. The third kappa shape index (κ3) is 5.79. The molecule has 0 aliphatic carbocycles. The maximum absolute atomic E-state index is 12.9. The van der Waals surface area contributed by atoms with E-state index in [1.54, 1.807) is 17.1 Å². The first-order valence-corrected chi connectivity index (χ1v) is 11.0. The smallest absolute Gasteiger partial charge is 0.446 e. The number of aromatic hydroxyl groups is 1. The van der Waals surface area contributed by atoms with E-state index in [2.05, 4.69) is 10.4 Å². The summed E-state index contributed by atoms with van der Waals surface area (Å²) in [5.41, 5.74) is -1.28. The van der Waals surface area contributed by atoms with E-state index in [0.717, 1.165) is 4.57 Å². The number of nitrogens with zero attached hydrogens (tertiary/aromatic N) is 4. The number of morpholine rings is 1. The van der Waals surface area contributed by atoms with Crippen LogP contribution in [0, 0.1) is 0 Å². The largest absolute Gasteiger partial charge is 0.493 e. The average molecular weight is 495 g/mol. The predicted octanol–water partition coefficient (Wildman–Crippen LogP) is 2.38. The Morgan fingerprint density at radius 3 is 2.56 bits per heavy atom. The van der Waals surface area contributed by atoms with Crippen LogP contribution in [0.5, 0.6) is 5.88 Å². The monoisotopic (exact) mass is 495 g/mol. The Morgan fingerprint density at radius 2 is 1.88 bits per heavy atom. The van der Waals surface area contributed by atoms with Crippen LogP contribution >= 0.6 is 11.8 Å². The fourth-order valence-electron chi connectivity index (χ4n) is 3.40. The molecule has 9 nitrogen and oxygen atoms in total. The second kappa shape index (κ2) is 9.91. The molecule has 0 saturated carbocycles. The van der Waals surface area contributed by atoms with Crippen LogP contribution in [0.2, 0.25) is 0 Å². The van der Waals surface area contributed by atoms with Gasteiger partial charge in [-0.3, -0.25) is 19.8 Å². The Hall–Kier alpha value is -3.29. The lowest BCUT2D eigenvalue weighted by molar-refractivity contribution is -0.0328. The van der Waals surface area contributed by atoms with E-state index in [1.807, 2.05) is 0 Å². The Kier molecular flexibility index (Phi) is 6.95. The summed E-state index contributed by atoms with van der Waals surface area (Å²) in [6.45, 7) is 2.19. The number of alkyl halides is 3. The molecule has 1 fully saturated rings. The van der Waals surface area contributed by atoms with E-state index >= 15 is 0 Å². The van der Waals surface area contributed by atoms with Gasteiger partial charge in [-0.15, -0.1) is 0 Å². The highest BCUT2D eigenvalue weighted by molar-refractivity contribution is 8.00. The summed E-state index contributed by atoms with van der Waals surface area (Å²) in [7, 11) is 0. The molecule has 4 rings (SSSR count). The topological polar surface area (TPSA) is 102 Å². The Morgan fingerprint density at radius 1 is 1.18 bits per heavy atom. The van der Waals surface area contributed by atoms with Crippen LogP contribution in [0.1, 0.15) is 16.1 Å². The van der Waals surface area contributed by atoms with Gasteiger partial charge in [0.25, 0.3) is 5.91 Å². The van der Waals surface area contributed by atoms with Crippen molar-refractivity contribution in [1.29, 1.82) is 0 Å². The van der Waals surface area contributed by atoms with E-state index in [9.17, 15) is 27.9 Å². The molecular weight excluding hydrogens is 475 g/mol. The van der Waals surface area contributed by atoms with Crippen LogP contribution in [0.4, 0.5) is 13.2 Å². The standard InChI is InChI=1S/C21H20F3N5O4S/c22-21(23,24)34-16-3-1-15(2-4-16)29-18(30)13-27(20(29)32)12-14-5-6-25-17(11-14)19(31)26-28-7-9-33-10-8-28/h1-6,11,13,30H,7-10,12H2,(H,26,31). The van der Waals surface area contributed by atoms with Gasteiger partial charge in [0.1, 0.15) is 5.69 Å². The first-order chi connectivity index (χ1) is 16.2. The number of thioether (sulfide) groups is 1. The number of hydrazine groups is 1. The van der Waals surface area contributed by atoms with Crippen molar-refractivity contribution in [3.63, 3.8) is 0 Å². The summed E-state index contributed by atoms with van der Waals surface area (Å²) in [5, 5.41) is 12.0. The van der Waals surface area contributed by atoms with Gasteiger partial charge in [-0.25, -0.2) is 14.4 Å². The normalized spacial score (nSPS) is 14.8. The number of halogens is 3. The van der Waals surface area contributed by atoms with E-state index in [1.165, 1.54) is 41.2 Å². The lowest BCUT2D eigenvalue weighted by Gasteiger charge is -2.26. The number of carbonyl (C=O) groups excluding carboxylic acids is 1. The van der Waals surface area contributed by atoms with Gasteiger partial charge < -0.3 is 9.84 Å². The molecule has 180 valence electrons. The third-order valence-corrected chi connectivity index (χ3v) is 5.69. The van der Waals surface area contributed by atoms with Crippen LogP contribution in [-0.2, 0) is 11.3 Å². The zero-order valence-corrected chi connectivity index (χ0v) is 18.5. The van der Waals surface area contributed by atoms with E-state index in [-0.39, 0.29) is 40.5 Å². The van der Waals surface area contributed by atoms with Crippen molar-refractivity contribution in [3.05, 3.63) is 70.5 Å². The molecule has 3 aromatic rings. The number of pyridine rings is 1. The summed E-state index contributed by atoms with van der Waals surface area (Å²) in [4.78, 5) is 29.4. The second-order valence-electron chi connectivity index (χ2n) is 7.36. The van der Waals surface area contributed by atoms with Crippen LogP contribution < -0.4 is 11.1 Å². The fourth-order valence-corrected chi connectivity index (χ4v) is 3.94. The number of carbonyl (C=O) groups is 1. The van der Waals surface area contributed by atoms with E-state index in [0.29, 0.717) is 31.9 Å². The summed E-state index contributed by atoms with van der Waals surface area (Å²) in [5.74, 6) is -0.770. The minimum atomic E-state index is -4.42. The third-order valence-electron chi connectivity index (χ3n) is 4.95.